The molecular formula is C13H9FN2OS. The average Bonchev–Trinajstić information content (AvgIpc) is 3.02. The van der Waals surface area contributed by atoms with Crippen LogP contribution in [0.3, 0.4) is 0 Å². The molecule has 0 aliphatic carbocycles. The normalized spacial score (nSPS) is 10.7. The first-order chi connectivity index (χ1) is 8.81. The molecule has 3 aromatic rings. The molecule has 0 aliphatic heterocycles. The van der Waals surface area contributed by atoms with E-state index in [0.717, 1.165) is 11.1 Å². The molecule has 0 spiro atoms. The third kappa shape index (κ3) is 2.31. The zero-order chi connectivity index (χ0) is 12.4. The summed E-state index contributed by atoms with van der Waals surface area (Å²) < 4.78 is 17.9. The molecule has 0 aliphatic rings. The Morgan fingerprint density at radius 1 is 1.17 bits per heavy atom. The quantitative estimate of drug-likeness (QED) is 0.723. The highest BCUT2D eigenvalue weighted by Crippen LogP contribution is 2.19. The van der Waals surface area contributed by atoms with Crippen molar-refractivity contribution >= 4 is 11.3 Å². The van der Waals surface area contributed by atoms with Crippen LogP contribution in [0.25, 0.3) is 11.4 Å². The lowest BCUT2D eigenvalue weighted by molar-refractivity contribution is 0.385. The Kier molecular flexibility index (Phi) is 2.90. The zero-order valence-electron chi connectivity index (χ0n) is 9.34. The Morgan fingerprint density at radius 2 is 2.00 bits per heavy atom. The third-order valence-electron chi connectivity index (χ3n) is 2.52. The van der Waals surface area contributed by atoms with Crippen molar-refractivity contribution < 1.29 is 8.91 Å². The van der Waals surface area contributed by atoms with Crippen molar-refractivity contribution in [1.29, 1.82) is 0 Å². The fourth-order valence-corrected chi connectivity index (χ4v) is 2.25. The number of rotatable bonds is 3. The van der Waals surface area contributed by atoms with Crippen LogP contribution in [0.2, 0.25) is 0 Å². The van der Waals surface area contributed by atoms with E-state index in [-0.39, 0.29) is 5.82 Å². The van der Waals surface area contributed by atoms with Gasteiger partial charge in [0.05, 0.1) is 6.42 Å². The van der Waals surface area contributed by atoms with E-state index < -0.39 is 0 Å². The number of benzene rings is 1. The van der Waals surface area contributed by atoms with Gasteiger partial charge in [-0.15, -0.1) is 0 Å². The summed E-state index contributed by atoms with van der Waals surface area (Å²) in [6, 6.07) is 8.21. The van der Waals surface area contributed by atoms with Gasteiger partial charge in [-0.2, -0.15) is 16.3 Å². The number of halogens is 1. The van der Waals surface area contributed by atoms with Gasteiger partial charge < -0.3 is 4.52 Å². The Hall–Kier alpha value is -2.01. The van der Waals surface area contributed by atoms with Crippen LogP contribution in [0.5, 0.6) is 0 Å². The van der Waals surface area contributed by atoms with Crippen LogP contribution < -0.4 is 0 Å². The van der Waals surface area contributed by atoms with Crippen molar-refractivity contribution in [2.75, 3.05) is 0 Å². The smallest absolute Gasteiger partial charge is 0.231 e. The minimum atomic E-state index is -0.247. The molecule has 0 fully saturated rings. The van der Waals surface area contributed by atoms with E-state index in [1.54, 1.807) is 23.5 Å². The summed E-state index contributed by atoms with van der Waals surface area (Å²) in [6.45, 7) is 0. The summed E-state index contributed by atoms with van der Waals surface area (Å²) in [4.78, 5) is 4.31. The molecule has 0 bridgehead atoms. The molecule has 0 saturated heterocycles. The monoisotopic (exact) mass is 260 g/mol. The molecule has 0 saturated carbocycles. The van der Waals surface area contributed by atoms with Crippen molar-refractivity contribution in [3.8, 4) is 11.4 Å². The molecular weight excluding hydrogens is 251 g/mol. The molecule has 0 N–H and O–H groups in total. The molecule has 18 heavy (non-hydrogen) atoms. The van der Waals surface area contributed by atoms with Crippen LogP contribution in [0.15, 0.2) is 45.6 Å². The van der Waals surface area contributed by atoms with Gasteiger partial charge in [0.2, 0.25) is 11.7 Å². The van der Waals surface area contributed by atoms with Gasteiger partial charge in [0.25, 0.3) is 0 Å². The van der Waals surface area contributed by atoms with Gasteiger partial charge in [0.15, 0.2) is 0 Å². The lowest BCUT2D eigenvalue weighted by Gasteiger charge is -1.95. The van der Waals surface area contributed by atoms with Crippen LogP contribution in [0.4, 0.5) is 4.39 Å². The molecule has 3 rings (SSSR count). The van der Waals surface area contributed by atoms with Gasteiger partial charge in [-0.1, -0.05) is 17.3 Å². The molecule has 3 nitrogen and oxygen atoms in total. The highest BCUT2D eigenvalue weighted by atomic mass is 32.1. The molecule has 0 atom stereocenters. The average molecular weight is 260 g/mol. The highest BCUT2D eigenvalue weighted by molar-refractivity contribution is 7.08. The molecule has 0 amide bonds. The van der Waals surface area contributed by atoms with Crippen molar-refractivity contribution in [3.05, 3.63) is 58.4 Å². The van der Waals surface area contributed by atoms with Crippen molar-refractivity contribution in [3.63, 3.8) is 0 Å². The Labute approximate surface area is 107 Å². The first-order valence-corrected chi connectivity index (χ1v) is 6.35. The minimum Gasteiger partial charge on any atom is -0.339 e. The van der Waals surface area contributed by atoms with E-state index in [9.17, 15) is 4.39 Å². The molecule has 0 radical (unpaired) electrons. The fourth-order valence-electron chi connectivity index (χ4n) is 1.61. The van der Waals surface area contributed by atoms with Gasteiger partial charge in [-0.3, -0.25) is 0 Å². The highest BCUT2D eigenvalue weighted by Gasteiger charge is 2.09. The Bertz CT molecular complexity index is 631. The van der Waals surface area contributed by atoms with E-state index in [1.807, 2.05) is 16.8 Å². The third-order valence-corrected chi connectivity index (χ3v) is 3.20. The molecule has 5 heteroatoms. The first-order valence-electron chi connectivity index (χ1n) is 5.41. The summed E-state index contributed by atoms with van der Waals surface area (Å²) in [6.07, 6.45) is 0.511. The second-order valence-electron chi connectivity index (χ2n) is 3.83. The summed E-state index contributed by atoms with van der Waals surface area (Å²) in [7, 11) is 0. The molecule has 2 aromatic heterocycles. The first kappa shape index (κ1) is 11.1. The number of aromatic nitrogens is 2. The van der Waals surface area contributed by atoms with Crippen molar-refractivity contribution in [2.24, 2.45) is 0 Å². The number of thiophene rings is 1. The van der Waals surface area contributed by atoms with Crippen LogP contribution in [-0.4, -0.2) is 10.1 Å². The lowest BCUT2D eigenvalue weighted by atomic mass is 10.1. The summed E-state index contributed by atoms with van der Waals surface area (Å²) in [5, 5.41) is 7.85. The van der Waals surface area contributed by atoms with Gasteiger partial charge in [-0.25, -0.2) is 4.39 Å². The second kappa shape index (κ2) is 4.70. The van der Waals surface area contributed by atoms with E-state index in [0.29, 0.717) is 18.1 Å². The van der Waals surface area contributed by atoms with Crippen LogP contribution in [-0.2, 0) is 6.42 Å². The second-order valence-corrected chi connectivity index (χ2v) is 4.61. The standard InChI is InChI=1S/C13H9FN2OS/c14-11-3-1-9(2-4-11)7-12-15-13(16-17-12)10-5-6-18-8-10/h1-6,8H,7H2. The predicted molar refractivity (Wildman–Crippen MR) is 66.8 cm³/mol. The summed E-state index contributed by atoms with van der Waals surface area (Å²) in [5.74, 6) is 0.874. The van der Waals surface area contributed by atoms with E-state index >= 15 is 0 Å². The van der Waals surface area contributed by atoms with Crippen LogP contribution in [0.1, 0.15) is 11.5 Å². The molecule has 0 unspecified atom stereocenters. The van der Waals surface area contributed by atoms with Gasteiger partial charge in [0.1, 0.15) is 5.82 Å². The maximum absolute atomic E-state index is 12.8. The van der Waals surface area contributed by atoms with Crippen molar-refractivity contribution in [2.45, 2.75) is 6.42 Å². The topological polar surface area (TPSA) is 38.9 Å². The largest absolute Gasteiger partial charge is 0.339 e. The molecule has 2 heterocycles. The van der Waals surface area contributed by atoms with E-state index in [1.165, 1.54) is 12.1 Å². The fraction of sp³-hybridized carbons (Fsp3) is 0.0769. The zero-order valence-corrected chi connectivity index (χ0v) is 10.2. The minimum absolute atomic E-state index is 0.247. The number of hydrogen-bond donors (Lipinski definition) is 0. The lowest BCUT2D eigenvalue weighted by Crippen LogP contribution is -1.88. The summed E-state index contributed by atoms with van der Waals surface area (Å²) >= 11 is 1.59. The molecule has 1 aromatic carbocycles. The van der Waals surface area contributed by atoms with Crippen LogP contribution in [0, 0.1) is 5.82 Å². The maximum atomic E-state index is 12.8. The predicted octanol–water partition coefficient (Wildman–Crippen LogP) is 3.53. The van der Waals surface area contributed by atoms with Gasteiger partial charge in [0, 0.05) is 10.9 Å². The number of hydrogen-bond acceptors (Lipinski definition) is 4. The van der Waals surface area contributed by atoms with Gasteiger partial charge in [-0.05, 0) is 29.1 Å². The summed E-state index contributed by atoms with van der Waals surface area (Å²) in [5.41, 5.74) is 1.89. The van der Waals surface area contributed by atoms with Crippen LogP contribution >= 0.6 is 11.3 Å². The van der Waals surface area contributed by atoms with E-state index in [2.05, 4.69) is 10.1 Å². The number of nitrogens with zero attached hydrogens (tertiary/aromatic N) is 2. The maximum Gasteiger partial charge on any atom is 0.231 e. The SMILES string of the molecule is Fc1ccc(Cc2nc(-c3ccsc3)no2)cc1. The van der Waals surface area contributed by atoms with Gasteiger partial charge >= 0.3 is 0 Å². The van der Waals surface area contributed by atoms with Crippen molar-refractivity contribution in [1.82, 2.24) is 10.1 Å². The Morgan fingerprint density at radius 3 is 2.72 bits per heavy atom. The van der Waals surface area contributed by atoms with E-state index in [4.69, 9.17) is 4.52 Å². The molecule has 90 valence electrons. The Balaban J connectivity index is 1.80.